The van der Waals surface area contributed by atoms with Crippen LogP contribution in [0.3, 0.4) is 0 Å². The number of sulfonamides is 1. The van der Waals surface area contributed by atoms with Crippen molar-refractivity contribution in [2.75, 3.05) is 18.4 Å². The normalized spacial score (nSPS) is 17.7. The molecular formula is C21H25ClFN3O3S. The smallest absolute Gasteiger partial charge is 0.243 e. The number of hydrogen-bond donors (Lipinski definition) is 2. The number of nitrogens with one attached hydrogen (secondary N) is 2. The number of carbonyl (C=O) groups is 1. The summed E-state index contributed by atoms with van der Waals surface area (Å²) in [6.07, 6.45) is 2.02. The first-order valence-electron chi connectivity index (χ1n) is 9.81. The van der Waals surface area contributed by atoms with E-state index in [-0.39, 0.29) is 35.7 Å². The molecule has 0 atom stereocenters. The molecule has 0 aromatic heterocycles. The van der Waals surface area contributed by atoms with Gasteiger partial charge in [0.25, 0.3) is 0 Å². The Bertz CT molecular complexity index is 1010. The maximum Gasteiger partial charge on any atom is 0.243 e. The van der Waals surface area contributed by atoms with E-state index in [2.05, 4.69) is 27.1 Å². The average Bonchev–Trinajstić information content (AvgIpc) is 2.69. The number of benzene rings is 2. The summed E-state index contributed by atoms with van der Waals surface area (Å²) in [7, 11) is -3.97. The van der Waals surface area contributed by atoms with Crippen LogP contribution in [0.25, 0.3) is 0 Å². The molecule has 0 spiro atoms. The maximum absolute atomic E-state index is 14.5. The Morgan fingerprint density at radius 2 is 1.80 bits per heavy atom. The van der Waals surface area contributed by atoms with Crippen LogP contribution < -0.4 is 10.0 Å². The van der Waals surface area contributed by atoms with Crippen LogP contribution in [-0.2, 0) is 27.8 Å². The molecule has 2 aliphatic rings. The molecule has 1 saturated heterocycles. The van der Waals surface area contributed by atoms with E-state index in [4.69, 9.17) is 0 Å². The first kappa shape index (κ1) is 22.7. The van der Waals surface area contributed by atoms with Gasteiger partial charge in [0.1, 0.15) is 10.7 Å². The number of piperidine rings is 1. The maximum atomic E-state index is 14.5. The predicted octanol–water partition coefficient (Wildman–Crippen LogP) is 3.08. The molecule has 2 aliphatic heterocycles. The van der Waals surface area contributed by atoms with E-state index < -0.39 is 15.8 Å². The fraction of sp³-hybridized carbons (Fsp3) is 0.381. The van der Waals surface area contributed by atoms with Crippen LogP contribution in [0, 0.1) is 5.82 Å². The summed E-state index contributed by atoms with van der Waals surface area (Å²) in [5.74, 6) is -1.03. The predicted molar refractivity (Wildman–Crippen MR) is 116 cm³/mol. The molecule has 0 saturated carbocycles. The zero-order valence-electron chi connectivity index (χ0n) is 16.4. The van der Waals surface area contributed by atoms with Crippen LogP contribution in [0.1, 0.15) is 30.4 Å². The number of nitrogens with zero attached hydrogens (tertiary/aromatic N) is 1. The molecule has 6 nitrogen and oxygen atoms in total. The van der Waals surface area contributed by atoms with Crippen LogP contribution in [-0.4, -0.2) is 38.4 Å². The van der Waals surface area contributed by atoms with Crippen LogP contribution in [0.5, 0.6) is 0 Å². The first-order valence-corrected chi connectivity index (χ1v) is 11.3. The van der Waals surface area contributed by atoms with Gasteiger partial charge in [-0.3, -0.25) is 9.69 Å². The second-order valence-corrected chi connectivity index (χ2v) is 9.33. The molecule has 4 rings (SSSR count). The number of anilines is 1. The Balaban J connectivity index is 0.00000256. The highest BCUT2D eigenvalue weighted by Crippen LogP contribution is 2.28. The summed E-state index contributed by atoms with van der Waals surface area (Å²) >= 11 is 0. The number of amides is 1. The largest absolute Gasteiger partial charge is 0.326 e. The molecule has 2 N–H and O–H groups in total. The van der Waals surface area contributed by atoms with Gasteiger partial charge in [-0.2, -0.15) is 0 Å². The minimum absolute atomic E-state index is 0. The van der Waals surface area contributed by atoms with E-state index >= 15 is 0 Å². The zero-order chi connectivity index (χ0) is 20.4. The second kappa shape index (κ2) is 9.43. The number of fused-ring (bicyclic) bond motifs is 1. The lowest BCUT2D eigenvalue weighted by Crippen LogP contribution is -2.44. The molecule has 2 aromatic carbocycles. The minimum atomic E-state index is -3.97. The van der Waals surface area contributed by atoms with Crippen LogP contribution in [0.4, 0.5) is 10.1 Å². The zero-order valence-corrected chi connectivity index (χ0v) is 18.1. The van der Waals surface area contributed by atoms with Crippen molar-refractivity contribution in [1.82, 2.24) is 9.62 Å². The van der Waals surface area contributed by atoms with Gasteiger partial charge in [-0.15, -0.1) is 12.4 Å². The Kier molecular flexibility index (Phi) is 7.13. The van der Waals surface area contributed by atoms with E-state index in [0.717, 1.165) is 25.7 Å². The second-order valence-electron chi connectivity index (χ2n) is 7.65. The lowest BCUT2D eigenvalue weighted by Gasteiger charge is -2.32. The first-order chi connectivity index (χ1) is 13.9. The number of aryl methyl sites for hydroxylation is 1. The Labute approximate surface area is 182 Å². The molecule has 0 bridgehead atoms. The van der Waals surface area contributed by atoms with Gasteiger partial charge >= 0.3 is 0 Å². The topological polar surface area (TPSA) is 78.5 Å². The molecule has 1 amide bonds. The van der Waals surface area contributed by atoms with Crippen molar-refractivity contribution in [1.29, 1.82) is 0 Å². The Morgan fingerprint density at radius 3 is 2.50 bits per heavy atom. The van der Waals surface area contributed by atoms with Gasteiger partial charge in [-0.25, -0.2) is 17.5 Å². The van der Waals surface area contributed by atoms with Crippen molar-refractivity contribution in [2.24, 2.45) is 0 Å². The molecule has 2 aromatic rings. The summed E-state index contributed by atoms with van der Waals surface area (Å²) in [5, 5.41) is 2.59. The highest BCUT2D eigenvalue weighted by molar-refractivity contribution is 7.89. The quantitative estimate of drug-likeness (QED) is 0.729. The van der Waals surface area contributed by atoms with Gasteiger partial charge in [0.15, 0.2) is 0 Å². The van der Waals surface area contributed by atoms with Crippen molar-refractivity contribution >= 4 is 34.0 Å². The Morgan fingerprint density at radius 1 is 1.10 bits per heavy atom. The molecule has 9 heteroatoms. The van der Waals surface area contributed by atoms with Crippen molar-refractivity contribution in [2.45, 2.75) is 43.2 Å². The van der Waals surface area contributed by atoms with Gasteiger partial charge in [-0.1, -0.05) is 30.3 Å². The van der Waals surface area contributed by atoms with Gasteiger partial charge in [-0.05, 0) is 42.5 Å². The fourth-order valence-corrected chi connectivity index (χ4v) is 5.33. The van der Waals surface area contributed by atoms with E-state index in [9.17, 15) is 17.6 Å². The SMILES string of the molecule is Cl.O=C1CCc2cc(S(=O)(=O)NC3CCN(Cc4ccccc4)CC3)c(F)cc2N1. The minimum Gasteiger partial charge on any atom is -0.326 e. The third-order valence-electron chi connectivity index (χ3n) is 5.50. The lowest BCUT2D eigenvalue weighted by atomic mass is 10.0. The third kappa shape index (κ3) is 5.18. The number of hydrogen-bond acceptors (Lipinski definition) is 4. The number of likely N-dealkylation sites (tertiary alicyclic amines) is 1. The number of halogens is 2. The van der Waals surface area contributed by atoms with Gasteiger partial charge in [0, 0.05) is 37.8 Å². The van der Waals surface area contributed by atoms with Crippen molar-refractivity contribution < 1.29 is 17.6 Å². The molecule has 0 aliphatic carbocycles. The molecule has 1 fully saturated rings. The van der Waals surface area contributed by atoms with Crippen LogP contribution >= 0.6 is 12.4 Å². The fourth-order valence-electron chi connectivity index (χ4n) is 3.92. The molecule has 0 radical (unpaired) electrons. The summed E-state index contributed by atoms with van der Waals surface area (Å²) in [5.41, 5.74) is 2.23. The third-order valence-corrected chi connectivity index (χ3v) is 7.04. The lowest BCUT2D eigenvalue weighted by molar-refractivity contribution is -0.116. The summed E-state index contributed by atoms with van der Waals surface area (Å²) < 4.78 is 42.7. The molecular weight excluding hydrogens is 429 g/mol. The average molecular weight is 454 g/mol. The molecule has 162 valence electrons. The van der Waals surface area contributed by atoms with Gasteiger partial charge < -0.3 is 5.32 Å². The molecule has 0 unspecified atom stereocenters. The van der Waals surface area contributed by atoms with Crippen molar-refractivity contribution in [3.63, 3.8) is 0 Å². The number of rotatable bonds is 5. The number of carbonyl (C=O) groups excluding carboxylic acids is 1. The van der Waals surface area contributed by atoms with E-state index in [1.165, 1.54) is 11.6 Å². The van der Waals surface area contributed by atoms with Gasteiger partial charge in [0.2, 0.25) is 15.9 Å². The summed E-state index contributed by atoms with van der Waals surface area (Å²) in [4.78, 5) is 13.4. The van der Waals surface area contributed by atoms with Gasteiger partial charge in [0.05, 0.1) is 0 Å². The highest BCUT2D eigenvalue weighted by Gasteiger charge is 2.28. The van der Waals surface area contributed by atoms with Crippen LogP contribution in [0.15, 0.2) is 47.4 Å². The standard InChI is InChI=1S/C21H24FN3O3S.ClH/c22-18-13-19-16(6-7-21(26)23-19)12-20(18)29(27,28)24-17-8-10-25(11-9-17)14-15-4-2-1-3-5-15;/h1-5,12-13,17,24H,6-11,14H2,(H,23,26);1H. The van der Waals surface area contributed by atoms with Crippen molar-refractivity contribution in [3.8, 4) is 0 Å². The molecule has 2 heterocycles. The van der Waals surface area contributed by atoms with Crippen molar-refractivity contribution in [3.05, 3.63) is 59.4 Å². The highest BCUT2D eigenvalue weighted by atomic mass is 35.5. The summed E-state index contributed by atoms with van der Waals surface area (Å²) in [6.45, 7) is 2.40. The molecule has 30 heavy (non-hydrogen) atoms. The van der Waals surface area contributed by atoms with Crippen LogP contribution in [0.2, 0.25) is 0 Å². The Hall–Kier alpha value is -2.00. The van der Waals surface area contributed by atoms with E-state index in [1.807, 2.05) is 18.2 Å². The van der Waals surface area contributed by atoms with E-state index in [0.29, 0.717) is 30.5 Å². The monoisotopic (exact) mass is 453 g/mol. The van der Waals surface area contributed by atoms with E-state index in [1.54, 1.807) is 0 Å². The summed E-state index contributed by atoms with van der Waals surface area (Å²) in [6, 6.07) is 12.4.